The Bertz CT molecular complexity index is 919. The molecule has 3 heterocycles. The van der Waals surface area contributed by atoms with E-state index in [-0.39, 0.29) is 11.5 Å². The highest BCUT2D eigenvalue weighted by Gasteiger charge is 2.25. The molecule has 5 nitrogen and oxygen atoms in total. The number of aromatic nitrogens is 2. The van der Waals surface area contributed by atoms with E-state index < -0.39 is 0 Å². The number of para-hydroxylation sites is 1. The van der Waals surface area contributed by atoms with Crippen molar-refractivity contribution in [1.82, 2.24) is 14.5 Å². The number of H-pyrrole nitrogens is 1. The van der Waals surface area contributed by atoms with Crippen LogP contribution in [0.15, 0.2) is 59.7 Å². The molecule has 1 saturated heterocycles. The molecular formula is C19H19N3O2. The van der Waals surface area contributed by atoms with Crippen molar-refractivity contribution in [3.63, 3.8) is 0 Å². The minimum atomic E-state index is -0.237. The summed E-state index contributed by atoms with van der Waals surface area (Å²) >= 11 is 0. The number of aromatic amines is 1. The molecule has 0 atom stereocenters. The molecule has 2 aromatic heterocycles. The van der Waals surface area contributed by atoms with Crippen LogP contribution in [0.1, 0.15) is 29.2 Å². The van der Waals surface area contributed by atoms with Gasteiger partial charge < -0.3 is 14.5 Å². The van der Waals surface area contributed by atoms with Crippen LogP contribution in [0.3, 0.4) is 0 Å². The Hall–Kier alpha value is -2.82. The maximum absolute atomic E-state index is 12.9. The largest absolute Gasteiger partial charge is 0.351 e. The van der Waals surface area contributed by atoms with Gasteiger partial charge in [0.1, 0.15) is 0 Å². The second-order valence-corrected chi connectivity index (χ2v) is 6.25. The summed E-state index contributed by atoms with van der Waals surface area (Å²) in [5, 5.41) is 0.801. The molecule has 4 rings (SSSR count). The molecular weight excluding hydrogens is 302 g/mol. The van der Waals surface area contributed by atoms with E-state index in [1.807, 2.05) is 41.3 Å². The van der Waals surface area contributed by atoms with Crippen molar-refractivity contribution in [3.8, 4) is 0 Å². The van der Waals surface area contributed by atoms with E-state index in [0.717, 1.165) is 18.2 Å². The first-order valence-electron chi connectivity index (χ1n) is 8.26. The van der Waals surface area contributed by atoms with Gasteiger partial charge in [-0.05, 0) is 31.0 Å². The van der Waals surface area contributed by atoms with E-state index in [1.165, 1.54) is 6.07 Å². The molecule has 5 heteroatoms. The maximum Gasteiger partial charge on any atom is 0.254 e. The molecule has 1 aromatic carbocycles. The summed E-state index contributed by atoms with van der Waals surface area (Å²) < 4.78 is 2.21. The Morgan fingerprint density at radius 1 is 1.04 bits per heavy atom. The molecule has 1 fully saturated rings. The number of pyridine rings is 1. The van der Waals surface area contributed by atoms with Crippen LogP contribution >= 0.6 is 0 Å². The molecule has 0 unspecified atom stereocenters. The third-order valence-electron chi connectivity index (χ3n) is 4.78. The first kappa shape index (κ1) is 14.8. The second kappa shape index (κ2) is 6.00. The van der Waals surface area contributed by atoms with Crippen molar-refractivity contribution in [2.24, 2.45) is 0 Å². The lowest BCUT2D eigenvalue weighted by atomic mass is 10.0. The predicted molar refractivity (Wildman–Crippen MR) is 93.2 cm³/mol. The summed E-state index contributed by atoms with van der Waals surface area (Å²) in [5.74, 6) is -0.0525. The fourth-order valence-corrected chi connectivity index (χ4v) is 3.51. The smallest absolute Gasteiger partial charge is 0.254 e. The lowest BCUT2D eigenvalue weighted by molar-refractivity contribution is 0.0696. The molecule has 1 aliphatic rings. The zero-order valence-corrected chi connectivity index (χ0v) is 13.3. The summed E-state index contributed by atoms with van der Waals surface area (Å²) in [4.78, 5) is 29.4. The first-order valence-corrected chi connectivity index (χ1v) is 8.26. The number of piperidine rings is 1. The molecule has 0 radical (unpaired) electrons. The molecule has 1 N–H and O–H groups in total. The second-order valence-electron chi connectivity index (χ2n) is 6.25. The number of benzene rings is 1. The van der Waals surface area contributed by atoms with Gasteiger partial charge in [0.25, 0.3) is 5.91 Å². The van der Waals surface area contributed by atoms with E-state index in [2.05, 4.69) is 21.9 Å². The van der Waals surface area contributed by atoms with Crippen molar-refractivity contribution in [1.29, 1.82) is 0 Å². The standard InChI is InChI=1S/C19H19N3O2/c23-18-13-16(15-5-1-2-6-17(15)20-18)19(24)22-11-7-14(8-12-22)21-9-3-4-10-21/h1-6,9-10,13-14H,7-8,11-12H2,(H,20,23). The van der Waals surface area contributed by atoms with Gasteiger partial charge in [-0.25, -0.2) is 0 Å². The molecule has 0 spiro atoms. The first-order chi connectivity index (χ1) is 11.7. The van der Waals surface area contributed by atoms with Crippen LogP contribution in [0.5, 0.6) is 0 Å². The highest BCUT2D eigenvalue weighted by Crippen LogP contribution is 2.25. The summed E-state index contributed by atoms with van der Waals surface area (Å²) in [5.41, 5.74) is 0.962. The molecule has 0 aliphatic carbocycles. The Morgan fingerprint density at radius 2 is 1.75 bits per heavy atom. The minimum absolute atomic E-state index is 0.0525. The van der Waals surface area contributed by atoms with Crippen molar-refractivity contribution in [2.45, 2.75) is 18.9 Å². The number of hydrogen-bond donors (Lipinski definition) is 1. The van der Waals surface area contributed by atoms with Crippen LogP contribution in [-0.2, 0) is 0 Å². The van der Waals surface area contributed by atoms with E-state index in [9.17, 15) is 9.59 Å². The molecule has 1 aliphatic heterocycles. The molecule has 0 bridgehead atoms. The lowest BCUT2D eigenvalue weighted by Crippen LogP contribution is -2.39. The number of nitrogens with zero attached hydrogens (tertiary/aromatic N) is 2. The third-order valence-corrected chi connectivity index (χ3v) is 4.78. The topological polar surface area (TPSA) is 58.1 Å². The predicted octanol–water partition coefficient (Wildman–Crippen LogP) is 2.81. The summed E-state index contributed by atoms with van der Waals surface area (Å²) in [6, 6.07) is 13.4. The van der Waals surface area contributed by atoms with E-state index in [4.69, 9.17) is 0 Å². The Balaban J connectivity index is 1.58. The molecule has 24 heavy (non-hydrogen) atoms. The Kier molecular flexibility index (Phi) is 3.69. The summed E-state index contributed by atoms with van der Waals surface area (Å²) in [7, 11) is 0. The number of nitrogens with one attached hydrogen (secondary N) is 1. The van der Waals surface area contributed by atoms with Crippen LogP contribution in [0.2, 0.25) is 0 Å². The van der Waals surface area contributed by atoms with Crippen LogP contribution in [0.4, 0.5) is 0 Å². The zero-order valence-electron chi connectivity index (χ0n) is 13.3. The van der Waals surface area contributed by atoms with Gasteiger partial charge in [0.15, 0.2) is 0 Å². The fourth-order valence-electron chi connectivity index (χ4n) is 3.51. The number of amides is 1. The average Bonchev–Trinajstić information content (AvgIpc) is 3.15. The Morgan fingerprint density at radius 3 is 2.50 bits per heavy atom. The van der Waals surface area contributed by atoms with E-state index >= 15 is 0 Å². The van der Waals surface area contributed by atoms with Crippen LogP contribution < -0.4 is 5.56 Å². The Labute approximate surface area is 139 Å². The van der Waals surface area contributed by atoms with Gasteiger partial charge in [0.05, 0.1) is 5.56 Å². The van der Waals surface area contributed by atoms with Crippen molar-refractivity contribution in [3.05, 3.63) is 70.8 Å². The van der Waals surface area contributed by atoms with Gasteiger partial charge >= 0.3 is 0 Å². The monoisotopic (exact) mass is 321 g/mol. The number of likely N-dealkylation sites (tertiary alicyclic amines) is 1. The highest BCUT2D eigenvalue weighted by atomic mass is 16.2. The molecule has 0 saturated carbocycles. The maximum atomic E-state index is 12.9. The van der Waals surface area contributed by atoms with E-state index in [1.54, 1.807) is 0 Å². The van der Waals surface area contributed by atoms with Crippen LogP contribution in [0, 0.1) is 0 Å². The number of carbonyl (C=O) groups is 1. The number of carbonyl (C=O) groups excluding carboxylic acids is 1. The number of fused-ring (bicyclic) bond motifs is 1. The average molecular weight is 321 g/mol. The number of rotatable bonds is 2. The van der Waals surface area contributed by atoms with Crippen molar-refractivity contribution >= 4 is 16.8 Å². The quantitative estimate of drug-likeness (QED) is 0.789. The summed E-state index contributed by atoms with van der Waals surface area (Å²) in [6.07, 6.45) is 6.02. The van der Waals surface area contributed by atoms with Gasteiger partial charge in [-0.3, -0.25) is 9.59 Å². The van der Waals surface area contributed by atoms with Crippen molar-refractivity contribution < 1.29 is 4.79 Å². The number of hydrogen-bond acceptors (Lipinski definition) is 2. The van der Waals surface area contributed by atoms with Gasteiger partial charge in [-0.15, -0.1) is 0 Å². The molecule has 122 valence electrons. The zero-order chi connectivity index (χ0) is 16.5. The van der Waals surface area contributed by atoms with Gasteiger partial charge in [0.2, 0.25) is 5.56 Å². The normalized spacial score (nSPS) is 15.8. The molecule has 1 amide bonds. The van der Waals surface area contributed by atoms with Gasteiger partial charge in [0, 0.05) is 48.5 Å². The van der Waals surface area contributed by atoms with E-state index in [0.29, 0.717) is 30.2 Å². The minimum Gasteiger partial charge on any atom is -0.351 e. The van der Waals surface area contributed by atoms with Crippen LogP contribution in [-0.4, -0.2) is 33.4 Å². The third kappa shape index (κ3) is 2.62. The fraction of sp³-hybridized carbons (Fsp3) is 0.263. The van der Waals surface area contributed by atoms with Gasteiger partial charge in [-0.1, -0.05) is 18.2 Å². The van der Waals surface area contributed by atoms with Gasteiger partial charge in [-0.2, -0.15) is 0 Å². The van der Waals surface area contributed by atoms with Crippen molar-refractivity contribution in [2.75, 3.05) is 13.1 Å². The lowest BCUT2D eigenvalue weighted by Gasteiger charge is -2.33. The highest BCUT2D eigenvalue weighted by molar-refractivity contribution is 6.05. The molecule has 3 aromatic rings. The van der Waals surface area contributed by atoms with Crippen LogP contribution in [0.25, 0.3) is 10.9 Å². The summed E-state index contributed by atoms with van der Waals surface area (Å²) in [6.45, 7) is 1.42. The SMILES string of the molecule is O=C(c1cc(=O)[nH]c2ccccc12)N1CCC(n2cccc2)CC1.